The highest BCUT2D eigenvalue weighted by molar-refractivity contribution is 5.13. The summed E-state index contributed by atoms with van der Waals surface area (Å²) in [4.78, 5) is 0. The van der Waals surface area contributed by atoms with Gasteiger partial charge >= 0.3 is 0 Å². The largest absolute Gasteiger partial charge is 0.388 e. The molecule has 0 heterocycles. The maximum absolute atomic E-state index is 10.0. The molecule has 2 heteroatoms. The summed E-state index contributed by atoms with van der Waals surface area (Å²) in [5.74, 6) is 0. The Balaban J connectivity index is 2.79. The van der Waals surface area contributed by atoms with Crippen molar-refractivity contribution in [2.45, 2.75) is 64.1 Å². The molecule has 0 aromatic rings. The molecule has 1 atom stereocenters. The third-order valence-corrected chi connectivity index (χ3v) is 3.33. The van der Waals surface area contributed by atoms with Crippen molar-refractivity contribution in [3.8, 4) is 0 Å². The fourth-order valence-corrected chi connectivity index (χ4v) is 1.84. The lowest BCUT2D eigenvalue weighted by Gasteiger charge is -2.21. The average Bonchev–Trinajstić information content (AvgIpc) is 2.28. The Bertz CT molecular complexity index is 258. The van der Waals surface area contributed by atoms with E-state index in [1.54, 1.807) is 6.08 Å². The zero-order valence-corrected chi connectivity index (χ0v) is 9.79. The molecule has 15 heavy (non-hydrogen) atoms. The summed E-state index contributed by atoms with van der Waals surface area (Å²) in [6.45, 7) is 3.92. The van der Waals surface area contributed by atoms with Crippen molar-refractivity contribution in [3.63, 3.8) is 0 Å². The maximum atomic E-state index is 10.0. The molecule has 0 unspecified atom stereocenters. The first-order valence-electron chi connectivity index (χ1n) is 5.98. The fourth-order valence-electron chi connectivity index (χ4n) is 1.84. The molecular formula is C13H22O2. The molecule has 86 valence electrons. The van der Waals surface area contributed by atoms with E-state index in [9.17, 15) is 10.2 Å². The number of hydrogen-bond acceptors (Lipinski definition) is 2. The number of rotatable bonds is 3. The first-order chi connectivity index (χ1) is 7.11. The molecule has 1 saturated carbocycles. The Kier molecular flexibility index (Phi) is 4.59. The highest BCUT2D eigenvalue weighted by Gasteiger charge is 2.19. The molecule has 0 saturated heterocycles. The molecule has 0 aromatic heterocycles. The molecule has 0 aliphatic heterocycles. The third kappa shape index (κ3) is 3.49. The number of aliphatic hydroxyl groups excluding tert-OH is 1. The quantitative estimate of drug-likeness (QED) is 0.703. The molecule has 0 radical (unpaired) electrons. The molecule has 2 N–H and O–H groups in total. The number of hydrogen-bond donors (Lipinski definition) is 2. The van der Waals surface area contributed by atoms with E-state index in [4.69, 9.17) is 0 Å². The van der Waals surface area contributed by atoms with Gasteiger partial charge in [0.2, 0.25) is 0 Å². The average molecular weight is 210 g/mol. The minimum atomic E-state index is -0.746. The van der Waals surface area contributed by atoms with Crippen LogP contribution in [0.25, 0.3) is 0 Å². The summed E-state index contributed by atoms with van der Waals surface area (Å²) in [5.41, 5.74) is 3.32. The summed E-state index contributed by atoms with van der Waals surface area (Å²) in [7, 11) is 0. The Morgan fingerprint density at radius 1 is 1.40 bits per heavy atom. The maximum Gasteiger partial charge on any atom is 0.0895 e. The van der Waals surface area contributed by atoms with Crippen molar-refractivity contribution in [1.82, 2.24) is 0 Å². The lowest BCUT2D eigenvalue weighted by Crippen LogP contribution is -2.23. The lowest BCUT2D eigenvalue weighted by molar-refractivity contribution is 0.0828. The molecule has 1 aliphatic carbocycles. The van der Waals surface area contributed by atoms with E-state index in [0.717, 1.165) is 31.3 Å². The second-order valence-corrected chi connectivity index (χ2v) is 4.39. The molecule has 1 rings (SSSR count). The zero-order valence-electron chi connectivity index (χ0n) is 9.79. The topological polar surface area (TPSA) is 40.5 Å². The van der Waals surface area contributed by atoms with Gasteiger partial charge in [-0.05, 0) is 43.8 Å². The highest BCUT2D eigenvalue weighted by Crippen LogP contribution is 2.23. The molecule has 0 spiro atoms. The van der Waals surface area contributed by atoms with Gasteiger partial charge in [-0.3, -0.25) is 0 Å². The summed E-state index contributed by atoms with van der Waals surface area (Å²) < 4.78 is 0. The standard InChI is InChI=1S/C13H22O2/c1-3-13(15,4-2)10-9-11-7-5-6-8-12(11)14/h10,12,14-15H,3-8H2,1-2H3/t9?,12-/m0/s1. The van der Waals surface area contributed by atoms with Crippen molar-refractivity contribution in [2.24, 2.45) is 0 Å². The van der Waals surface area contributed by atoms with E-state index in [-0.39, 0.29) is 6.10 Å². The van der Waals surface area contributed by atoms with E-state index in [1.165, 1.54) is 0 Å². The first kappa shape index (κ1) is 12.5. The van der Waals surface area contributed by atoms with Gasteiger partial charge in [-0.1, -0.05) is 20.3 Å². The zero-order chi connectivity index (χ0) is 11.3. The highest BCUT2D eigenvalue weighted by atomic mass is 16.3. The van der Waals surface area contributed by atoms with Crippen LogP contribution in [0.1, 0.15) is 52.4 Å². The minimum absolute atomic E-state index is 0.340. The van der Waals surface area contributed by atoms with Gasteiger partial charge in [0.15, 0.2) is 0 Å². The third-order valence-electron chi connectivity index (χ3n) is 3.33. The predicted octanol–water partition coefficient (Wildman–Crippen LogP) is 2.55. The van der Waals surface area contributed by atoms with Crippen molar-refractivity contribution < 1.29 is 10.2 Å². The molecule has 1 aliphatic rings. The second-order valence-electron chi connectivity index (χ2n) is 4.39. The normalized spacial score (nSPS) is 22.4. The predicted molar refractivity (Wildman–Crippen MR) is 61.6 cm³/mol. The van der Waals surface area contributed by atoms with E-state index >= 15 is 0 Å². The van der Waals surface area contributed by atoms with Gasteiger partial charge in [-0.2, -0.15) is 0 Å². The summed E-state index contributed by atoms with van der Waals surface area (Å²) >= 11 is 0. The molecule has 0 amide bonds. The van der Waals surface area contributed by atoms with Gasteiger partial charge in [0, 0.05) is 0 Å². The summed E-state index contributed by atoms with van der Waals surface area (Å²) in [5, 5.41) is 19.7. The Morgan fingerprint density at radius 2 is 2.07 bits per heavy atom. The van der Waals surface area contributed by atoms with Gasteiger partial charge in [-0.25, -0.2) is 0 Å². The molecular weight excluding hydrogens is 188 g/mol. The summed E-state index contributed by atoms with van der Waals surface area (Å²) in [6, 6.07) is 0. The fraction of sp³-hybridized carbons (Fsp3) is 0.769. The SMILES string of the molecule is CCC(O)(C=C=C1CCCC[C@@H]1O)CC. The van der Waals surface area contributed by atoms with Crippen LogP contribution < -0.4 is 0 Å². The van der Waals surface area contributed by atoms with Crippen LogP contribution in [0.2, 0.25) is 0 Å². The van der Waals surface area contributed by atoms with Crippen LogP contribution in [0.15, 0.2) is 17.4 Å². The lowest BCUT2D eigenvalue weighted by atomic mass is 9.91. The van der Waals surface area contributed by atoms with Crippen LogP contribution in [-0.4, -0.2) is 21.9 Å². The minimum Gasteiger partial charge on any atom is -0.388 e. The summed E-state index contributed by atoms with van der Waals surface area (Å²) in [6.07, 6.45) is 6.76. The van der Waals surface area contributed by atoms with Crippen LogP contribution in [0.5, 0.6) is 0 Å². The molecule has 0 bridgehead atoms. The molecule has 0 aromatic carbocycles. The van der Waals surface area contributed by atoms with E-state index in [0.29, 0.717) is 12.8 Å². The van der Waals surface area contributed by atoms with E-state index < -0.39 is 5.60 Å². The monoisotopic (exact) mass is 210 g/mol. The Hall–Kier alpha value is -0.560. The van der Waals surface area contributed by atoms with Crippen LogP contribution in [0.4, 0.5) is 0 Å². The Morgan fingerprint density at radius 3 is 2.60 bits per heavy atom. The van der Waals surface area contributed by atoms with Crippen LogP contribution in [0.3, 0.4) is 0 Å². The van der Waals surface area contributed by atoms with Crippen molar-refractivity contribution >= 4 is 0 Å². The van der Waals surface area contributed by atoms with Gasteiger partial charge < -0.3 is 10.2 Å². The van der Waals surface area contributed by atoms with Crippen LogP contribution in [-0.2, 0) is 0 Å². The molecule has 2 nitrogen and oxygen atoms in total. The van der Waals surface area contributed by atoms with Gasteiger partial charge in [-0.15, -0.1) is 5.73 Å². The van der Waals surface area contributed by atoms with Gasteiger partial charge in [0.1, 0.15) is 0 Å². The van der Waals surface area contributed by atoms with Gasteiger partial charge in [0.25, 0.3) is 0 Å². The first-order valence-corrected chi connectivity index (χ1v) is 5.98. The van der Waals surface area contributed by atoms with E-state index in [1.807, 2.05) is 13.8 Å². The van der Waals surface area contributed by atoms with Crippen LogP contribution in [0, 0.1) is 0 Å². The second kappa shape index (κ2) is 5.50. The molecule has 1 fully saturated rings. The van der Waals surface area contributed by atoms with Gasteiger partial charge in [0.05, 0.1) is 11.7 Å². The number of aliphatic hydroxyl groups is 2. The van der Waals surface area contributed by atoms with E-state index in [2.05, 4.69) is 5.73 Å². The smallest absolute Gasteiger partial charge is 0.0895 e. The van der Waals surface area contributed by atoms with Crippen LogP contribution >= 0.6 is 0 Å². The van der Waals surface area contributed by atoms with Crippen molar-refractivity contribution in [1.29, 1.82) is 0 Å². The Labute approximate surface area is 92.3 Å². The van der Waals surface area contributed by atoms with Crippen molar-refractivity contribution in [2.75, 3.05) is 0 Å². The van der Waals surface area contributed by atoms with Crippen molar-refractivity contribution in [3.05, 3.63) is 17.4 Å².